The summed E-state index contributed by atoms with van der Waals surface area (Å²) >= 11 is 0. The summed E-state index contributed by atoms with van der Waals surface area (Å²) in [6, 6.07) is 3.48. The van der Waals surface area contributed by atoms with Crippen LogP contribution in [0.4, 0.5) is 4.79 Å². The average Bonchev–Trinajstić information content (AvgIpc) is 2.99. The van der Waals surface area contributed by atoms with Gasteiger partial charge in [0, 0.05) is 24.9 Å². The molecule has 0 radical (unpaired) electrons. The molecule has 0 spiro atoms. The lowest BCUT2D eigenvalue weighted by atomic mass is 10.1. The number of hydrogen-bond acceptors (Lipinski definition) is 4. The van der Waals surface area contributed by atoms with Gasteiger partial charge in [-0.25, -0.2) is 9.78 Å². The van der Waals surface area contributed by atoms with Gasteiger partial charge in [-0.2, -0.15) is 0 Å². The van der Waals surface area contributed by atoms with E-state index < -0.39 is 0 Å². The van der Waals surface area contributed by atoms with Crippen LogP contribution in [-0.2, 0) is 11.3 Å². The zero-order valence-corrected chi connectivity index (χ0v) is 11.9. The second-order valence-corrected chi connectivity index (χ2v) is 4.84. The maximum Gasteiger partial charge on any atom is 0.315 e. The first-order chi connectivity index (χ1) is 9.70. The highest BCUT2D eigenvalue weighted by Gasteiger charge is 2.23. The Morgan fingerprint density at radius 2 is 2.50 bits per heavy atom. The lowest BCUT2D eigenvalue weighted by molar-refractivity contribution is 0.0860. The Morgan fingerprint density at radius 1 is 1.65 bits per heavy atom. The van der Waals surface area contributed by atoms with Crippen LogP contribution < -0.4 is 15.4 Å². The largest absolute Gasteiger partial charge is 0.481 e. The number of carbonyl (C=O) groups excluding carboxylic acids is 1. The van der Waals surface area contributed by atoms with E-state index in [0.29, 0.717) is 12.4 Å². The summed E-state index contributed by atoms with van der Waals surface area (Å²) in [6.07, 6.45) is 3.83. The van der Waals surface area contributed by atoms with Gasteiger partial charge in [0.05, 0.1) is 19.3 Å². The van der Waals surface area contributed by atoms with Gasteiger partial charge in [-0.3, -0.25) is 0 Å². The van der Waals surface area contributed by atoms with E-state index in [9.17, 15) is 4.79 Å². The van der Waals surface area contributed by atoms with Gasteiger partial charge in [-0.05, 0) is 25.8 Å². The minimum absolute atomic E-state index is 0.00768. The molecule has 6 heteroatoms. The Morgan fingerprint density at radius 3 is 3.20 bits per heavy atom. The van der Waals surface area contributed by atoms with Gasteiger partial charge in [-0.1, -0.05) is 6.07 Å². The summed E-state index contributed by atoms with van der Waals surface area (Å²) < 4.78 is 10.7. The molecule has 1 fully saturated rings. The van der Waals surface area contributed by atoms with E-state index in [1.807, 2.05) is 19.1 Å². The summed E-state index contributed by atoms with van der Waals surface area (Å²) in [6.45, 7) is 3.12. The van der Waals surface area contributed by atoms with E-state index in [4.69, 9.17) is 9.47 Å². The number of carbonyl (C=O) groups is 1. The van der Waals surface area contributed by atoms with Crippen LogP contribution in [0, 0.1) is 0 Å². The molecule has 2 N–H and O–H groups in total. The Hall–Kier alpha value is -1.82. The monoisotopic (exact) mass is 279 g/mol. The van der Waals surface area contributed by atoms with Crippen LogP contribution >= 0.6 is 0 Å². The van der Waals surface area contributed by atoms with Crippen molar-refractivity contribution < 1.29 is 14.3 Å². The van der Waals surface area contributed by atoms with Crippen molar-refractivity contribution >= 4 is 6.03 Å². The van der Waals surface area contributed by atoms with Crippen LogP contribution in [0.1, 0.15) is 25.3 Å². The number of hydrogen-bond donors (Lipinski definition) is 2. The zero-order valence-electron chi connectivity index (χ0n) is 11.9. The number of ether oxygens (including phenoxy) is 2. The van der Waals surface area contributed by atoms with Crippen molar-refractivity contribution in [2.75, 3.05) is 13.7 Å². The van der Waals surface area contributed by atoms with Crippen molar-refractivity contribution in [1.29, 1.82) is 0 Å². The van der Waals surface area contributed by atoms with Gasteiger partial charge in [0.25, 0.3) is 0 Å². The molecule has 1 aromatic heterocycles. The second-order valence-electron chi connectivity index (χ2n) is 4.84. The maximum absolute atomic E-state index is 11.8. The van der Waals surface area contributed by atoms with E-state index >= 15 is 0 Å². The molecular weight excluding hydrogens is 258 g/mol. The molecule has 2 unspecified atom stereocenters. The zero-order chi connectivity index (χ0) is 14.4. The summed E-state index contributed by atoms with van der Waals surface area (Å²) in [4.78, 5) is 15.9. The van der Waals surface area contributed by atoms with Crippen LogP contribution in [0.15, 0.2) is 18.3 Å². The number of nitrogens with one attached hydrogen (secondary N) is 2. The minimum atomic E-state index is -0.209. The summed E-state index contributed by atoms with van der Waals surface area (Å²) in [5, 5.41) is 5.70. The van der Waals surface area contributed by atoms with Crippen LogP contribution in [0.3, 0.4) is 0 Å². The Labute approximate surface area is 118 Å². The van der Waals surface area contributed by atoms with Gasteiger partial charge < -0.3 is 20.1 Å². The predicted octanol–water partition coefficient (Wildman–Crippen LogP) is 1.46. The van der Waals surface area contributed by atoms with E-state index in [1.165, 1.54) is 0 Å². The minimum Gasteiger partial charge on any atom is -0.481 e. The second kappa shape index (κ2) is 7.09. The quantitative estimate of drug-likeness (QED) is 0.856. The molecule has 2 atom stereocenters. The van der Waals surface area contributed by atoms with E-state index in [1.54, 1.807) is 13.3 Å². The Balaban J connectivity index is 1.79. The van der Waals surface area contributed by atoms with Crippen LogP contribution in [-0.4, -0.2) is 36.9 Å². The lowest BCUT2D eigenvalue weighted by Gasteiger charge is -2.20. The molecule has 0 aromatic carbocycles. The van der Waals surface area contributed by atoms with Gasteiger partial charge in [0.15, 0.2) is 0 Å². The van der Waals surface area contributed by atoms with E-state index in [-0.39, 0.29) is 18.2 Å². The van der Waals surface area contributed by atoms with Gasteiger partial charge in [0.2, 0.25) is 5.88 Å². The van der Waals surface area contributed by atoms with E-state index in [2.05, 4.69) is 15.6 Å². The Kier molecular flexibility index (Phi) is 5.17. The molecule has 1 aliphatic heterocycles. The molecule has 110 valence electrons. The topological polar surface area (TPSA) is 72.5 Å². The first-order valence-corrected chi connectivity index (χ1v) is 6.84. The smallest absolute Gasteiger partial charge is 0.315 e. The number of pyridine rings is 1. The molecule has 1 aliphatic rings. The first kappa shape index (κ1) is 14.6. The fraction of sp³-hybridized carbons (Fsp3) is 0.571. The van der Waals surface area contributed by atoms with Crippen molar-refractivity contribution in [3.8, 4) is 5.88 Å². The summed E-state index contributed by atoms with van der Waals surface area (Å²) in [5.74, 6) is 0.528. The Bertz CT molecular complexity index is 447. The van der Waals surface area contributed by atoms with Crippen molar-refractivity contribution in [3.63, 3.8) is 0 Å². The van der Waals surface area contributed by atoms with Crippen LogP contribution in [0.25, 0.3) is 0 Å². The average molecular weight is 279 g/mol. The van der Waals surface area contributed by atoms with Crippen molar-refractivity contribution in [1.82, 2.24) is 15.6 Å². The molecular formula is C14H21N3O3. The lowest BCUT2D eigenvalue weighted by Crippen LogP contribution is -2.45. The molecule has 0 aliphatic carbocycles. The number of rotatable bonds is 5. The first-order valence-electron chi connectivity index (χ1n) is 6.84. The fourth-order valence-corrected chi connectivity index (χ4v) is 2.27. The molecule has 20 heavy (non-hydrogen) atoms. The third-order valence-corrected chi connectivity index (χ3v) is 3.36. The van der Waals surface area contributed by atoms with Crippen molar-refractivity contribution in [2.45, 2.75) is 38.5 Å². The number of urea groups is 1. The standard InChI is InChI=1S/C14H21N3O3/c1-10(12-6-4-8-20-12)17-14(18)16-9-11-5-3-7-15-13(11)19-2/h3,5,7,10,12H,4,6,8-9H2,1-2H3,(H2,16,17,18). The molecule has 1 aromatic rings. The highest BCUT2D eigenvalue weighted by Crippen LogP contribution is 2.15. The molecule has 2 rings (SSSR count). The van der Waals surface area contributed by atoms with E-state index in [0.717, 1.165) is 25.0 Å². The number of aromatic nitrogens is 1. The third kappa shape index (κ3) is 3.84. The normalized spacial score (nSPS) is 19.4. The van der Waals surface area contributed by atoms with Crippen LogP contribution in [0.5, 0.6) is 5.88 Å². The van der Waals surface area contributed by atoms with Gasteiger partial charge >= 0.3 is 6.03 Å². The van der Waals surface area contributed by atoms with Crippen molar-refractivity contribution in [3.05, 3.63) is 23.9 Å². The third-order valence-electron chi connectivity index (χ3n) is 3.36. The molecule has 2 heterocycles. The molecule has 0 saturated carbocycles. The fourth-order valence-electron chi connectivity index (χ4n) is 2.27. The number of nitrogens with zero attached hydrogens (tertiary/aromatic N) is 1. The van der Waals surface area contributed by atoms with Gasteiger partial charge in [-0.15, -0.1) is 0 Å². The molecule has 2 amide bonds. The SMILES string of the molecule is COc1ncccc1CNC(=O)NC(C)C1CCCO1. The highest BCUT2D eigenvalue weighted by molar-refractivity contribution is 5.74. The summed E-state index contributed by atoms with van der Waals surface area (Å²) in [5.41, 5.74) is 0.843. The van der Waals surface area contributed by atoms with Crippen molar-refractivity contribution in [2.24, 2.45) is 0 Å². The molecule has 1 saturated heterocycles. The number of amides is 2. The predicted molar refractivity (Wildman–Crippen MR) is 74.6 cm³/mol. The number of methoxy groups -OCH3 is 1. The van der Waals surface area contributed by atoms with Crippen LogP contribution in [0.2, 0.25) is 0 Å². The molecule has 0 bridgehead atoms. The molecule has 6 nitrogen and oxygen atoms in total. The van der Waals surface area contributed by atoms with Gasteiger partial charge in [0.1, 0.15) is 0 Å². The maximum atomic E-state index is 11.8. The summed E-state index contributed by atoms with van der Waals surface area (Å²) in [7, 11) is 1.56. The highest BCUT2D eigenvalue weighted by atomic mass is 16.5.